The van der Waals surface area contributed by atoms with Gasteiger partial charge in [0.05, 0.1) is 66.9 Å². The van der Waals surface area contributed by atoms with Gasteiger partial charge in [0.1, 0.15) is 29.5 Å². The molecule has 59 heavy (non-hydrogen) atoms. The number of likely N-dealkylation sites (tertiary alicyclic amines) is 1. The van der Waals surface area contributed by atoms with Crippen LogP contribution in [0, 0.1) is 5.41 Å². The molecule has 0 radical (unpaired) electrons. The highest BCUT2D eigenvalue weighted by atomic mass is 19.3. The smallest absolute Gasteiger partial charge is 0.329 e. The zero-order chi connectivity index (χ0) is 41.5. The summed E-state index contributed by atoms with van der Waals surface area (Å²) < 4.78 is 62.5. The Hall–Kier alpha value is -5.84. The molecule has 9 rings (SSSR count). The van der Waals surface area contributed by atoms with Gasteiger partial charge in [-0.3, -0.25) is 33.7 Å². The first kappa shape index (κ1) is 38.7. The van der Waals surface area contributed by atoms with Crippen molar-refractivity contribution in [3.8, 4) is 22.6 Å². The fourth-order valence-corrected chi connectivity index (χ4v) is 9.65. The van der Waals surface area contributed by atoms with Crippen LogP contribution in [0.4, 0.5) is 24.7 Å². The average molecular weight is 815 g/mol. The van der Waals surface area contributed by atoms with Gasteiger partial charge in [-0.25, -0.2) is 22.9 Å². The summed E-state index contributed by atoms with van der Waals surface area (Å²) in [7, 11) is 6.33. The van der Waals surface area contributed by atoms with E-state index in [1.54, 1.807) is 43.4 Å². The van der Waals surface area contributed by atoms with E-state index >= 15 is 8.78 Å². The quantitative estimate of drug-likeness (QED) is 0.228. The second-order valence-electron chi connectivity index (χ2n) is 16.3. The number of aromatic nitrogens is 4. The van der Waals surface area contributed by atoms with E-state index in [9.17, 15) is 23.6 Å². The number of nitrogens with one attached hydrogen (secondary N) is 1. The summed E-state index contributed by atoms with van der Waals surface area (Å²) in [4.78, 5) is 61.3. The molecule has 14 nitrogen and oxygen atoms in total. The minimum absolute atomic E-state index is 0.125. The van der Waals surface area contributed by atoms with Crippen molar-refractivity contribution < 1.29 is 32.2 Å². The highest BCUT2D eigenvalue weighted by molar-refractivity contribution is 6.01. The van der Waals surface area contributed by atoms with Gasteiger partial charge in [-0.15, -0.1) is 0 Å². The molecule has 1 spiro atoms. The molecule has 17 heteroatoms. The number of imidazole rings is 1. The number of halogens is 3. The molecule has 2 aromatic carbocycles. The molecule has 0 saturated carbocycles. The number of ether oxygens (including phenoxy) is 2. The first-order valence-electron chi connectivity index (χ1n) is 19.7. The van der Waals surface area contributed by atoms with Crippen LogP contribution in [0.15, 0.2) is 58.4 Å². The van der Waals surface area contributed by atoms with E-state index in [1.807, 2.05) is 28.0 Å². The number of carbonyl (C=O) groups is 2. The predicted octanol–water partition coefficient (Wildman–Crippen LogP) is 4.14. The molecule has 1 N–H and O–H groups in total. The molecule has 2 amide bonds. The number of imide groups is 1. The van der Waals surface area contributed by atoms with Crippen LogP contribution in [0.1, 0.15) is 37.3 Å². The maximum atomic E-state index is 16.3. The van der Waals surface area contributed by atoms with Gasteiger partial charge in [0.2, 0.25) is 11.8 Å². The molecule has 5 aromatic rings. The van der Waals surface area contributed by atoms with E-state index in [-0.39, 0.29) is 69.0 Å². The number of rotatable bonds is 8. The number of nitrogens with zero attached hydrogens (tertiary/aromatic N) is 7. The Balaban J connectivity index is 0.973. The third-order valence-electron chi connectivity index (χ3n) is 12.9. The van der Waals surface area contributed by atoms with Gasteiger partial charge in [0, 0.05) is 70.0 Å². The van der Waals surface area contributed by atoms with Gasteiger partial charge in [0.25, 0.3) is 11.5 Å². The predicted molar refractivity (Wildman–Crippen MR) is 215 cm³/mol. The summed E-state index contributed by atoms with van der Waals surface area (Å²) in [6.07, 6.45) is 3.07. The maximum Gasteiger partial charge on any atom is 0.329 e. The van der Waals surface area contributed by atoms with E-state index in [0.29, 0.717) is 68.9 Å². The number of carbonyl (C=O) groups excluding carboxylic acids is 2. The summed E-state index contributed by atoms with van der Waals surface area (Å²) in [6, 6.07) is 10.0. The monoisotopic (exact) mass is 814 g/mol. The summed E-state index contributed by atoms with van der Waals surface area (Å²) in [5.41, 5.74) is 1.97. The molecule has 3 aromatic heterocycles. The number of hydrogen-bond acceptors (Lipinski definition) is 10. The molecule has 1 atom stereocenters. The Morgan fingerprint density at radius 3 is 2.31 bits per heavy atom. The molecule has 4 fully saturated rings. The molecule has 4 aliphatic rings. The van der Waals surface area contributed by atoms with Crippen molar-refractivity contribution in [3.63, 3.8) is 0 Å². The van der Waals surface area contributed by atoms with Crippen molar-refractivity contribution >= 4 is 45.1 Å². The fraction of sp³-hybridized carbons (Fsp3) is 0.452. The standard InChI is InChI=1S/C42H45F3N8O6/c1-48-20-28(26-16-35(52-18-25(43)19-52)46-17-27(26)39(48)56)24-14-33(58-3)29(34(15-24)59-4)21-50-22-41(42(44,45)23-50)10-12-51(13-11-41)30-6-5-7-31-37(30)49(2)40(57)53(31)32-8-9-36(54)47-38(32)55/h5-7,14-17,20,25,32H,8-13,18-19,21-23H2,1-4H3,(H,47,54,55). The van der Waals surface area contributed by atoms with Crippen molar-refractivity contribution in [1.29, 1.82) is 0 Å². The van der Waals surface area contributed by atoms with Crippen LogP contribution in [-0.4, -0.2) is 101 Å². The number of benzene rings is 2. The Labute approximate surface area is 336 Å². The summed E-state index contributed by atoms with van der Waals surface area (Å²) in [5, 5.41) is 3.37. The Kier molecular flexibility index (Phi) is 9.29. The normalized spacial score (nSPS) is 20.8. The Morgan fingerprint density at radius 2 is 1.64 bits per heavy atom. The minimum Gasteiger partial charge on any atom is -0.496 e. The van der Waals surface area contributed by atoms with Crippen LogP contribution in [0.2, 0.25) is 0 Å². The van der Waals surface area contributed by atoms with Crippen LogP contribution in [-0.2, 0) is 30.2 Å². The molecule has 310 valence electrons. The number of amides is 2. The first-order valence-corrected chi connectivity index (χ1v) is 19.7. The summed E-state index contributed by atoms with van der Waals surface area (Å²) in [5.74, 6) is -2.43. The number of aryl methyl sites for hydroxylation is 2. The topological polar surface area (TPSA) is 136 Å². The third kappa shape index (κ3) is 6.23. The number of methoxy groups -OCH3 is 2. The third-order valence-corrected chi connectivity index (χ3v) is 12.9. The Bertz CT molecular complexity index is 2640. The highest BCUT2D eigenvalue weighted by Gasteiger charge is 2.60. The van der Waals surface area contributed by atoms with Crippen molar-refractivity contribution in [2.45, 2.75) is 50.4 Å². The lowest BCUT2D eigenvalue weighted by Gasteiger charge is -2.43. The van der Waals surface area contributed by atoms with Crippen LogP contribution >= 0.6 is 0 Å². The molecule has 4 aliphatic heterocycles. The van der Waals surface area contributed by atoms with E-state index in [1.165, 1.54) is 34.1 Å². The second kappa shape index (κ2) is 14.2. The molecule has 4 saturated heterocycles. The van der Waals surface area contributed by atoms with E-state index in [0.717, 1.165) is 5.69 Å². The van der Waals surface area contributed by atoms with Crippen molar-refractivity contribution in [1.82, 2.24) is 28.9 Å². The SMILES string of the molecule is COc1cc(-c2cn(C)c(=O)c3cnc(N4CC(F)C4)cc23)cc(OC)c1CN1CC(F)(F)C2(CCN(c3cccc4c3n(C)c(=O)n4C3CCC(=O)NC3=O)CC2)C1. The Morgan fingerprint density at radius 1 is 0.932 bits per heavy atom. The van der Waals surface area contributed by atoms with Crippen molar-refractivity contribution in [2.75, 3.05) is 63.3 Å². The number of fused-ring (bicyclic) bond motifs is 2. The average Bonchev–Trinajstić information content (AvgIpc) is 3.60. The molecule has 0 bridgehead atoms. The molecule has 1 unspecified atom stereocenters. The van der Waals surface area contributed by atoms with Gasteiger partial charge in [-0.1, -0.05) is 6.07 Å². The molecule has 7 heterocycles. The van der Waals surface area contributed by atoms with Gasteiger partial charge >= 0.3 is 5.69 Å². The van der Waals surface area contributed by atoms with Crippen LogP contribution < -0.4 is 35.8 Å². The number of para-hydroxylation sites is 1. The van der Waals surface area contributed by atoms with Gasteiger partial charge in [0.15, 0.2) is 0 Å². The van der Waals surface area contributed by atoms with Crippen molar-refractivity contribution in [2.24, 2.45) is 19.5 Å². The van der Waals surface area contributed by atoms with E-state index < -0.39 is 36.0 Å². The molecule has 0 aliphatic carbocycles. The number of piperidine rings is 2. The number of pyridine rings is 2. The number of hydrogen-bond donors (Lipinski definition) is 1. The lowest BCUT2D eigenvalue weighted by Crippen LogP contribution is -2.49. The maximum absolute atomic E-state index is 16.3. The number of anilines is 2. The second-order valence-corrected chi connectivity index (χ2v) is 16.3. The highest BCUT2D eigenvalue weighted by Crippen LogP contribution is 2.52. The van der Waals surface area contributed by atoms with Crippen molar-refractivity contribution in [3.05, 3.63) is 75.2 Å². The molecular formula is C42H45F3N8O6. The summed E-state index contributed by atoms with van der Waals surface area (Å²) >= 11 is 0. The minimum atomic E-state index is -2.99. The number of alkyl halides is 3. The zero-order valence-corrected chi connectivity index (χ0v) is 33.3. The van der Waals surface area contributed by atoms with Gasteiger partial charge < -0.3 is 23.8 Å². The van der Waals surface area contributed by atoms with Gasteiger partial charge in [-0.2, -0.15) is 0 Å². The van der Waals surface area contributed by atoms with Crippen LogP contribution in [0.3, 0.4) is 0 Å². The van der Waals surface area contributed by atoms with Crippen LogP contribution in [0.25, 0.3) is 32.9 Å². The first-order chi connectivity index (χ1) is 28.2. The largest absolute Gasteiger partial charge is 0.496 e. The molecular weight excluding hydrogens is 770 g/mol. The lowest BCUT2D eigenvalue weighted by molar-refractivity contribution is -0.135. The van der Waals surface area contributed by atoms with Gasteiger partial charge in [-0.05, 0) is 55.2 Å². The summed E-state index contributed by atoms with van der Waals surface area (Å²) in [6.45, 7) is 0.963. The van der Waals surface area contributed by atoms with Crippen LogP contribution in [0.5, 0.6) is 11.5 Å². The lowest BCUT2D eigenvalue weighted by atomic mass is 9.75. The van der Waals surface area contributed by atoms with E-state index in [4.69, 9.17) is 9.47 Å². The van der Waals surface area contributed by atoms with E-state index in [2.05, 4.69) is 10.3 Å². The zero-order valence-electron chi connectivity index (χ0n) is 33.3. The fourth-order valence-electron chi connectivity index (χ4n) is 9.65.